The number of anilines is 1. The minimum atomic E-state index is -0.931. The Kier molecular flexibility index (Phi) is 4.99. The van der Waals surface area contributed by atoms with E-state index in [4.69, 9.17) is 9.47 Å². The van der Waals surface area contributed by atoms with E-state index in [2.05, 4.69) is 21.2 Å². The van der Waals surface area contributed by atoms with Crippen molar-refractivity contribution in [2.75, 3.05) is 25.7 Å². The minimum Gasteiger partial charge on any atom is -0.493 e. The van der Waals surface area contributed by atoms with Gasteiger partial charge in [-0.25, -0.2) is 0 Å². The lowest BCUT2D eigenvalue weighted by Gasteiger charge is -2.36. The molecule has 0 aliphatic carbocycles. The van der Waals surface area contributed by atoms with E-state index in [1.165, 1.54) is 0 Å². The number of nitrogens with one attached hydrogen (secondary N) is 1. The minimum absolute atomic E-state index is 0.0322. The molecule has 1 N–H and O–H groups in total. The third-order valence-electron chi connectivity index (χ3n) is 6.22. The van der Waals surface area contributed by atoms with Crippen LogP contribution >= 0.6 is 15.9 Å². The lowest BCUT2D eigenvalue weighted by molar-refractivity contribution is -0.123. The number of amides is 1. The van der Waals surface area contributed by atoms with E-state index in [1.807, 2.05) is 65.6 Å². The molecule has 3 aromatic carbocycles. The van der Waals surface area contributed by atoms with Crippen LogP contribution in [0, 0.1) is 0 Å². The highest BCUT2D eigenvalue weighted by molar-refractivity contribution is 9.10. The molecule has 3 aromatic rings. The first-order valence-corrected chi connectivity index (χ1v) is 11.0. The predicted molar refractivity (Wildman–Crippen MR) is 124 cm³/mol. The zero-order chi connectivity index (χ0) is 21.6. The highest BCUT2D eigenvalue weighted by Crippen LogP contribution is 2.49. The Morgan fingerprint density at radius 2 is 1.71 bits per heavy atom. The van der Waals surface area contributed by atoms with E-state index >= 15 is 0 Å². The molecule has 1 spiro atoms. The second-order valence-electron chi connectivity index (χ2n) is 7.83. The Morgan fingerprint density at radius 3 is 2.45 bits per heavy atom. The first-order chi connectivity index (χ1) is 15.1. The van der Waals surface area contributed by atoms with Crippen LogP contribution in [0.4, 0.5) is 5.69 Å². The molecular formula is C25H23BrN2O3. The van der Waals surface area contributed by atoms with Crippen molar-refractivity contribution in [1.82, 2.24) is 5.32 Å². The van der Waals surface area contributed by atoms with Crippen LogP contribution in [0.25, 0.3) is 0 Å². The first kappa shape index (κ1) is 20.1. The van der Waals surface area contributed by atoms with Gasteiger partial charge in [-0.05, 0) is 53.4 Å². The molecule has 1 unspecified atom stereocenters. The average molecular weight is 479 g/mol. The van der Waals surface area contributed by atoms with Crippen LogP contribution < -0.4 is 19.7 Å². The van der Waals surface area contributed by atoms with Gasteiger partial charge in [0.25, 0.3) is 5.91 Å². The number of fused-ring (bicyclic) bond motifs is 4. The van der Waals surface area contributed by atoms with Gasteiger partial charge in [-0.15, -0.1) is 0 Å². The van der Waals surface area contributed by atoms with E-state index in [0.717, 1.165) is 38.8 Å². The number of halogens is 1. The standard InChI is InChI=1S/C25H23BrN2O3/c1-30-22-13-17-11-12-27-25(20(17)14-23(22)31-2)19-5-3-4-6-21(19)28(24(25)29)15-16-7-9-18(26)10-8-16/h3-10,13-14,27H,11-12,15H2,1-2H3. The summed E-state index contributed by atoms with van der Waals surface area (Å²) in [4.78, 5) is 16.0. The van der Waals surface area contributed by atoms with E-state index in [1.54, 1.807) is 14.2 Å². The Bertz CT molecular complexity index is 1160. The number of methoxy groups -OCH3 is 2. The van der Waals surface area contributed by atoms with Crippen molar-refractivity contribution in [2.24, 2.45) is 0 Å². The van der Waals surface area contributed by atoms with E-state index < -0.39 is 5.54 Å². The topological polar surface area (TPSA) is 50.8 Å². The SMILES string of the molecule is COc1cc2c(cc1OC)C1(NCC2)C(=O)N(Cc2ccc(Br)cc2)c2ccccc21. The molecule has 0 saturated carbocycles. The summed E-state index contributed by atoms with van der Waals surface area (Å²) in [5, 5.41) is 3.58. The number of rotatable bonds is 4. The number of para-hydroxylation sites is 1. The molecule has 2 heterocycles. The highest BCUT2D eigenvalue weighted by Gasteiger charge is 2.54. The van der Waals surface area contributed by atoms with Gasteiger partial charge in [-0.2, -0.15) is 0 Å². The van der Waals surface area contributed by atoms with Gasteiger partial charge in [0.2, 0.25) is 0 Å². The number of ether oxygens (including phenoxy) is 2. The average Bonchev–Trinajstić information content (AvgIpc) is 3.03. The summed E-state index contributed by atoms with van der Waals surface area (Å²) in [5.41, 5.74) is 4.10. The molecule has 1 amide bonds. The molecule has 158 valence electrons. The van der Waals surface area contributed by atoms with Crippen molar-refractivity contribution in [3.05, 3.63) is 87.4 Å². The molecule has 0 bridgehead atoms. The van der Waals surface area contributed by atoms with Gasteiger partial charge in [0.05, 0.1) is 26.5 Å². The normalized spacial score (nSPS) is 19.3. The summed E-state index contributed by atoms with van der Waals surface area (Å²) in [6.45, 7) is 1.21. The number of carbonyl (C=O) groups excluding carboxylic acids is 1. The summed E-state index contributed by atoms with van der Waals surface area (Å²) in [6, 6.07) is 20.1. The third-order valence-corrected chi connectivity index (χ3v) is 6.75. The predicted octanol–water partition coefficient (Wildman–Crippen LogP) is 4.40. The lowest BCUT2D eigenvalue weighted by Crippen LogP contribution is -2.54. The first-order valence-electron chi connectivity index (χ1n) is 10.2. The number of nitrogens with zero attached hydrogens (tertiary/aromatic N) is 1. The fourth-order valence-corrected chi connectivity index (χ4v) is 5.03. The van der Waals surface area contributed by atoms with Crippen molar-refractivity contribution >= 4 is 27.5 Å². The monoisotopic (exact) mass is 478 g/mol. The van der Waals surface area contributed by atoms with Gasteiger partial charge >= 0.3 is 0 Å². The molecule has 0 radical (unpaired) electrons. The van der Waals surface area contributed by atoms with Crippen molar-refractivity contribution in [3.8, 4) is 11.5 Å². The number of hydrogen-bond donors (Lipinski definition) is 1. The fraction of sp³-hybridized carbons (Fsp3) is 0.240. The van der Waals surface area contributed by atoms with Crippen molar-refractivity contribution in [1.29, 1.82) is 0 Å². The molecular weight excluding hydrogens is 456 g/mol. The zero-order valence-electron chi connectivity index (χ0n) is 17.4. The summed E-state index contributed by atoms with van der Waals surface area (Å²) in [5.74, 6) is 1.34. The van der Waals surface area contributed by atoms with Gasteiger partial charge in [0, 0.05) is 16.6 Å². The molecule has 5 rings (SSSR count). The zero-order valence-corrected chi connectivity index (χ0v) is 19.0. The van der Waals surface area contributed by atoms with Crippen molar-refractivity contribution in [3.63, 3.8) is 0 Å². The molecule has 31 heavy (non-hydrogen) atoms. The van der Waals surface area contributed by atoms with E-state index in [9.17, 15) is 4.79 Å². The number of carbonyl (C=O) groups is 1. The fourth-order valence-electron chi connectivity index (χ4n) is 4.77. The molecule has 0 fully saturated rings. The Balaban J connectivity index is 1.67. The van der Waals surface area contributed by atoms with Crippen LogP contribution in [0.3, 0.4) is 0 Å². The number of hydrogen-bond acceptors (Lipinski definition) is 4. The van der Waals surface area contributed by atoms with Crippen LogP contribution in [0.15, 0.2) is 65.1 Å². The molecule has 0 aromatic heterocycles. The van der Waals surface area contributed by atoms with Crippen LogP contribution in [-0.4, -0.2) is 26.7 Å². The van der Waals surface area contributed by atoms with Crippen LogP contribution in [-0.2, 0) is 23.3 Å². The smallest absolute Gasteiger partial charge is 0.256 e. The largest absolute Gasteiger partial charge is 0.493 e. The third kappa shape index (κ3) is 3.05. The Labute approximate surface area is 190 Å². The van der Waals surface area contributed by atoms with Crippen molar-refractivity contribution in [2.45, 2.75) is 18.5 Å². The van der Waals surface area contributed by atoms with Crippen LogP contribution in [0.1, 0.15) is 22.3 Å². The van der Waals surface area contributed by atoms with Crippen molar-refractivity contribution < 1.29 is 14.3 Å². The maximum atomic E-state index is 14.1. The van der Waals surface area contributed by atoms with E-state index in [0.29, 0.717) is 24.6 Å². The number of benzene rings is 3. The summed E-state index contributed by atoms with van der Waals surface area (Å²) >= 11 is 3.48. The van der Waals surface area contributed by atoms with E-state index in [-0.39, 0.29) is 5.91 Å². The lowest BCUT2D eigenvalue weighted by atomic mass is 9.78. The van der Waals surface area contributed by atoms with Gasteiger partial charge < -0.3 is 14.4 Å². The summed E-state index contributed by atoms with van der Waals surface area (Å²) in [7, 11) is 3.26. The molecule has 2 aliphatic heterocycles. The molecule has 2 aliphatic rings. The second kappa shape index (κ2) is 7.70. The second-order valence-corrected chi connectivity index (χ2v) is 8.74. The molecule has 6 heteroatoms. The highest BCUT2D eigenvalue weighted by atomic mass is 79.9. The Hall–Kier alpha value is -2.83. The molecule has 0 saturated heterocycles. The summed E-state index contributed by atoms with van der Waals surface area (Å²) < 4.78 is 12.1. The summed E-state index contributed by atoms with van der Waals surface area (Å²) in [6.07, 6.45) is 0.819. The van der Waals surface area contributed by atoms with Gasteiger partial charge in [0.1, 0.15) is 0 Å². The molecule has 1 atom stereocenters. The van der Waals surface area contributed by atoms with Gasteiger partial charge in [-0.1, -0.05) is 46.3 Å². The molecule has 5 nitrogen and oxygen atoms in total. The van der Waals surface area contributed by atoms with Crippen LogP contribution in [0.2, 0.25) is 0 Å². The van der Waals surface area contributed by atoms with Gasteiger partial charge in [-0.3, -0.25) is 10.1 Å². The maximum Gasteiger partial charge on any atom is 0.256 e. The quantitative estimate of drug-likeness (QED) is 0.603. The maximum absolute atomic E-state index is 14.1. The van der Waals surface area contributed by atoms with Gasteiger partial charge in [0.15, 0.2) is 17.0 Å². The Morgan fingerprint density at radius 1 is 1.00 bits per heavy atom. The van der Waals surface area contributed by atoms with Crippen LogP contribution in [0.5, 0.6) is 11.5 Å².